The minimum atomic E-state index is -0.441. The Balaban J connectivity index is 2.40. The third-order valence-corrected chi connectivity index (χ3v) is 2.82. The van der Waals surface area contributed by atoms with E-state index in [1.165, 1.54) is 29.2 Å². The molecule has 1 atom stereocenters. The first-order chi connectivity index (χ1) is 9.52. The van der Waals surface area contributed by atoms with E-state index in [1.54, 1.807) is 19.9 Å². The average Bonchev–Trinajstić information content (AvgIpc) is 2.88. The van der Waals surface area contributed by atoms with Crippen LogP contribution in [0.1, 0.15) is 35.8 Å². The molecule has 106 valence electrons. The van der Waals surface area contributed by atoms with Gasteiger partial charge in [-0.3, -0.25) is 0 Å². The molecule has 0 fully saturated rings. The second-order valence-electron chi connectivity index (χ2n) is 4.39. The number of aromatic nitrogens is 2. The topological polar surface area (TPSA) is 70.1 Å². The van der Waals surface area contributed by atoms with Crippen LogP contribution in [0.2, 0.25) is 0 Å². The highest BCUT2D eigenvalue weighted by molar-refractivity contribution is 5.88. The molecule has 0 bridgehead atoms. The van der Waals surface area contributed by atoms with Crippen molar-refractivity contribution in [2.45, 2.75) is 19.9 Å². The number of carbonyl (C=O) groups is 1. The average molecular weight is 277 g/mol. The number of hydrogen-bond acceptors (Lipinski definition) is 4. The van der Waals surface area contributed by atoms with Crippen LogP contribution in [0.4, 0.5) is 4.39 Å². The normalized spacial score (nSPS) is 12.2. The molecule has 0 aliphatic heterocycles. The maximum atomic E-state index is 13.3. The molecule has 2 rings (SSSR count). The SMILES string of the molecule is CCOC(=O)c1cnn(-c2ccc(F)cc2[C@@H](C)N)c1. The second-order valence-corrected chi connectivity index (χ2v) is 4.39. The Kier molecular flexibility index (Phi) is 4.14. The minimum absolute atomic E-state index is 0.297. The van der Waals surface area contributed by atoms with Gasteiger partial charge in [0, 0.05) is 12.2 Å². The molecule has 0 unspecified atom stereocenters. The number of halogens is 1. The van der Waals surface area contributed by atoms with Gasteiger partial charge < -0.3 is 10.5 Å². The van der Waals surface area contributed by atoms with E-state index in [0.717, 1.165) is 0 Å². The van der Waals surface area contributed by atoms with Crippen molar-refractivity contribution in [3.63, 3.8) is 0 Å². The Morgan fingerprint density at radius 1 is 1.55 bits per heavy atom. The Morgan fingerprint density at radius 2 is 2.30 bits per heavy atom. The molecule has 0 aliphatic rings. The highest BCUT2D eigenvalue weighted by Crippen LogP contribution is 2.21. The summed E-state index contributed by atoms with van der Waals surface area (Å²) in [6.45, 7) is 3.79. The molecule has 1 heterocycles. The summed E-state index contributed by atoms with van der Waals surface area (Å²) in [4.78, 5) is 11.6. The number of nitrogens with two attached hydrogens (primary N) is 1. The molecule has 0 saturated carbocycles. The number of ether oxygens (including phenoxy) is 1. The summed E-state index contributed by atoms with van der Waals surface area (Å²) >= 11 is 0. The molecule has 20 heavy (non-hydrogen) atoms. The van der Waals surface area contributed by atoms with Gasteiger partial charge in [0.05, 0.1) is 24.1 Å². The van der Waals surface area contributed by atoms with Gasteiger partial charge in [-0.15, -0.1) is 0 Å². The molecule has 0 spiro atoms. The van der Waals surface area contributed by atoms with Crippen LogP contribution in [-0.2, 0) is 4.74 Å². The Hall–Kier alpha value is -2.21. The summed E-state index contributed by atoms with van der Waals surface area (Å²) in [5, 5.41) is 4.10. The molecule has 0 aliphatic carbocycles. The van der Waals surface area contributed by atoms with Crippen molar-refractivity contribution in [2.75, 3.05) is 6.61 Å². The molecular weight excluding hydrogens is 261 g/mol. The lowest BCUT2D eigenvalue weighted by Crippen LogP contribution is -2.10. The monoisotopic (exact) mass is 277 g/mol. The quantitative estimate of drug-likeness (QED) is 0.870. The van der Waals surface area contributed by atoms with Gasteiger partial charge in [0.15, 0.2) is 0 Å². The minimum Gasteiger partial charge on any atom is -0.462 e. The third kappa shape index (κ3) is 2.85. The number of nitrogens with zero attached hydrogens (tertiary/aromatic N) is 2. The Labute approximate surface area is 116 Å². The van der Waals surface area contributed by atoms with Gasteiger partial charge in [-0.1, -0.05) is 0 Å². The van der Waals surface area contributed by atoms with E-state index in [9.17, 15) is 9.18 Å². The second kappa shape index (κ2) is 5.83. The van der Waals surface area contributed by atoms with Crippen LogP contribution in [0.5, 0.6) is 0 Å². The van der Waals surface area contributed by atoms with Crippen LogP contribution in [0, 0.1) is 5.82 Å². The predicted molar refractivity (Wildman–Crippen MR) is 72.1 cm³/mol. The van der Waals surface area contributed by atoms with Crippen LogP contribution in [0.25, 0.3) is 5.69 Å². The molecule has 0 radical (unpaired) electrons. The summed E-state index contributed by atoms with van der Waals surface area (Å²) in [5.74, 6) is -0.804. The smallest absolute Gasteiger partial charge is 0.341 e. The van der Waals surface area contributed by atoms with Crippen LogP contribution in [-0.4, -0.2) is 22.4 Å². The highest BCUT2D eigenvalue weighted by Gasteiger charge is 2.14. The van der Waals surface area contributed by atoms with Gasteiger partial charge in [0.2, 0.25) is 0 Å². The van der Waals surface area contributed by atoms with E-state index >= 15 is 0 Å². The highest BCUT2D eigenvalue weighted by atomic mass is 19.1. The van der Waals surface area contributed by atoms with Crippen molar-refractivity contribution in [3.05, 3.63) is 47.5 Å². The molecule has 1 aromatic heterocycles. The third-order valence-electron chi connectivity index (χ3n) is 2.82. The summed E-state index contributed by atoms with van der Waals surface area (Å²) in [7, 11) is 0. The van der Waals surface area contributed by atoms with Crippen molar-refractivity contribution >= 4 is 5.97 Å². The Bertz CT molecular complexity index is 623. The van der Waals surface area contributed by atoms with Crippen LogP contribution in [0.15, 0.2) is 30.6 Å². The molecule has 5 nitrogen and oxygen atoms in total. The molecule has 1 aromatic carbocycles. The van der Waals surface area contributed by atoms with Crippen molar-refractivity contribution in [2.24, 2.45) is 5.73 Å². The molecular formula is C14H16FN3O2. The van der Waals surface area contributed by atoms with E-state index in [2.05, 4.69) is 5.10 Å². The first-order valence-electron chi connectivity index (χ1n) is 6.30. The molecule has 2 aromatic rings. The van der Waals surface area contributed by atoms with E-state index in [1.807, 2.05) is 0 Å². The molecule has 6 heteroatoms. The van der Waals surface area contributed by atoms with Gasteiger partial charge in [-0.25, -0.2) is 13.9 Å². The fraction of sp³-hybridized carbons (Fsp3) is 0.286. The van der Waals surface area contributed by atoms with E-state index in [0.29, 0.717) is 23.4 Å². The zero-order valence-electron chi connectivity index (χ0n) is 11.3. The lowest BCUT2D eigenvalue weighted by atomic mass is 10.1. The summed E-state index contributed by atoms with van der Waals surface area (Å²) in [5.41, 5.74) is 7.43. The van der Waals surface area contributed by atoms with E-state index < -0.39 is 5.97 Å². The lowest BCUT2D eigenvalue weighted by Gasteiger charge is -2.12. The van der Waals surface area contributed by atoms with Crippen LogP contribution < -0.4 is 5.73 Å². The number of benzene rings is 1. The zero-order chi connectivity index (χ0) is 14.7. The van der Waals surface area contributed by atoms with Crippen molar-refractivity contribution in [1.29, 1.82) is 0 Å². The van der Waals surface area contributed by atoms with Crippen molar-refractivity contribution in [3.8, 4) is 5.69 Å². The first kappa shape index (κ1) is 14.2. The van der Waals surface area contributed by atoms with Gasteiger partial charge in [-0.2, -0.15) is 5.10 Å². The van der Waals surface area contributed by atoms with E-state index in [4.69, 9.17) is 10.5 Å². The predicted octanol–water partition coefficient (Wildman–Crippen LogP) is 2.21. The van der Waals surface area contributed by atoms with Crippen LogP contribution >= 0.6 is 0 Å². The number of carbonyl (C=O) groups excluding carboxylic acids is 1. The summed E-state index contributed by atoms with van der Waals surface area (Å²) in [6.07, 6.45) is 2.95. The van der Waals surface area contributed by atoms with Gasteiger partial charge in [-0.05, 0) is 37.6 Å². The molecule has 0 saturated heterocycles. The van der Waals surface area contributed by atoms with Crippen molar-refractivity contribution < 1.29 is 13.9 Å². The summed E-state index contributed by atoms with van der Waals surface area (Å²) in [6, 6.07) is 3.92. The number of esters is 1. The maximum absolute atomic E-state index is 13.3. The van der Waals surface area contributed by atoms with Crippen molar-refractivity contribution in [1.82, 2.24) is 9.78 Å². The van der Waals surface area contributed by atoms with Gasteiger partial charge in [0.25, 0.3) is 0 Å². The van der Waals surface area contributed by atoms with E-state index in [-0.39, 0.29) is 11.9 Å². The Morgan fingerprint density at radius 3 is 2.95 bits per heavy atom. The molecule has 0 amide bonds. The van der Waals surface area contributed by atoms with Gasteiger partial charge in [0.1, 0.15) is 5.82 Å². The lowest BCUT2D eigenvalue weighted by molar-refractivity contribution is 0.0526. The zero-order valence-corrected chi connectivity index (χ0v) is 11.3. The van der Waals surface area contributed by atoms with Gasteiger partial charge >= 0.3 is 5.97 Å². The largest absolute Gasteiger partial charge is 0.462 e. The molecule has 2 N–H and O–H groups in total. The van der Waals surface area contributed by atoms with Crippen LogP contribution in [0.3, 0.4) is 0 Å². The standard InChI is InChI=1S/C14H16FN3O2/c1-3-20-14(19)10-7-17-18(8-10)13-5-4-11(15)6-12(13)9(2)16/h4-9H,3,16H2,1-2H3/t9-/m1/s1. The first-order valence-corrected chi connectivity index (χ1v) is 6.30. The number of rotatable bonds is 4. The number of hydrogen-bond donors (Lipinski definition) is 1. The fourth-order valence-corrected chi connectivity index (χ4v) is 1.87. The fourth-order valence-electron chi connectivity index (χ4n) is 1.87. The maximum Gasteiger partial charge on any atom is 0.341 e. The summed E-state index contributed by atoms with van der Waals surface area (Å²) < 4.78 is 19.7.